The van der Waals surface area contributed by atoms with Crippen LogP contribution in [-0.4, -0.2) is 20.9 Å². The molecule has 0 saturated heterocycles. The van der Waals surface area contributed by atoms with Crippen LogP contribution >= 0.6 is 11.6 Å². The summed E-state index contributed by atoms with van der Waals surface area (Å²) in [6.07, 6.45) is 1.53. The number of rotatable bonds is 7. The zero-order valence-electron chi connectivity index (χ0n) is 14.0. The third-order valence-corrected chi connectivity index (χ3v) is 5.14. The van der Waals surface area contributed by atoms with Crippen molar-refractivity contribution in [1.29, 1.82) is 0 Å². The van der Waals surface area contributed by atoms with Gasteiger partial charge in [0.15, 0.2) is 0 Å². The number of oxazole rings is 1. The standard InChI is InChI=1S/C18H17ClN2O4S/c1-12-16(21-18(25-12)14-6-2-3-7-15(14)19)10-26(23)11-17(22)20-9-13-5-4-8-24-13/h2-8H,9-11H2,1H3,(H,20,22)/t26-/m1/s1. The predicted molar refractivity (Wildman–Crippen MR) is 99.0 cm³/mol. The lowest BCUT2D eigenvalue weighted by Gasteiger charge is -2.03. The number of aryl methyl sites for hydroxylation is 1. The molecule has 1 aromatic carbocycles. The fourth-order valence-electron chi connectivity index (χ4n) is 2.31. The van der Waals surface area contributed by atoms with Gasteiger partial charge in [-0.15, -0.1) is 0 Å². The van der Waals surface area contributed by atoms with Gasteiger partial charge in [0.1, 0.15) is 17.3 Å². The van der Waals surface area contributed by atoms with Crippen LogP contribution in [-0.2, 0) is 27.9 Å². The Morgan fingerprint density at radius 3 is 2.81 bits per heavy atom. The molecule has 8 heteroatoms. The van der Waals surface area contributed by atoms with Crippen molar-refractivity contribution in [2.24, 2.45) is 0 Å². The minimum Gasteiger partial charge on any atom is -0.467 e. The minimum atomic E-state index is -1.41. The third kappa shape index (κ3) is 4.62. The Morgan fingerprint density at radius 1 is 1.27 bits per heavy atom. The van der Waals surface area contributed by atoms with Crippen molar-refractivity contribution in [2.45, 2.75) is 19.2 Å². The molecule has 136 valence electrons. The molecule has 6 nitrogen and oxygen atoms in total. The maximum Gasteiger partial charge on any atom is 0.233 e. The van der Waals surface area contributed by atoms with Crippen LogP contribution in [0.1, 0.15) is 17.2 Å². The monoisotopic (exact) mass is 392 g/mol. The van der Waals surface area contributed by atoms with E-state index in [-0.39, 0.29) is 24.0 Å². The molecule has 0 aliphatic carbocycles. The van der Waals surface area contributed by atoms with Gasteiger partial charge in [-0.05, 0) is 31.2 Å². The lowest BCUT2D eigenvalue weighted by Crippen LogP contribution is -2.28. The normalized spacial score (nSPS) is 12.1. The second-order valence-corrected chi connectivity index (χ2v) is 7.45. The van der Waals surface area contributed by atoms with E-state index in [1.807, 2.05) is 12.1 Å². The quantitative estimate of drug-likeness (QED) is 0.665. The molecule has 0 fully saturated rings. The Hall–Kier alpha value is -2.38. The van der Waals surface area contributed by atoms with Crippen LogP contribution in [0.2, 0.25) is 5.02 Å². The summed E-state index contributed by atoms with van der Waals surface area (Å²) in [4.78, 5) is 16.3. The molecule has 1 atom stereocenters. The van der Waals surface area contributed by atoms with Crippen molar-refractivity contribution in [3.05, 3.63) is 64.9 Å². The molecular weight excluding hydrogens is 376 g/mol. The van der Waals surface area contributed by atoms with E-state index in [4.69, 9.17) is 20.4 Å². The van der Waals surface area contributed by atoms with E-state index in [0.717, 1.165) is 0 Å². The lowest BCUT2D eigenvalue weighted by molar-refractivity contribution is -0.118. The van der Waals surface area contributed by atoms with Crippen LogP contribution in [0.15, 0.2) is 51.5 Å². The van der Waals surface area contributed by atoms with Crippen molar-refractivity contribution in [2.75, 3.05) is 5.75 Å². The molecule has 0 unspecified atom stereocenters. The smallest absolute Gasteiger partial charge is 0.233 e. The van der Waals surface area contributed by atoms with Gasteiger partial charge in [0, 0.05) is 10.8 Å². The largest absolute Gasteiger partial charge is 0.467 e. The summed E-state index contributed by atoms with van der Waals surface area (Å²) in [5.74, 6) is 1.28. The second-order valence-electron chi connectivity index (χ2n) is 5.59. The Balaban J connectivity index is 1.59. The highest BCUT2D eigenvalue weighted by Crippen LogP contribution is 2.28. The second kappa shape index (κ2) is 8.33. The van der Waals surface area contributed by atoms with Crippen LogP contribution in [0.5, 0.6) is 0 Å². The SMILES string of the molecule is Cc1oc(-c2ccccc2Cl)nc1C[S@@](=O)CC(=O)NCc1ccco1. The number of hydrogen-bond acceptors (Lipinski definition) is 5. The number of benzene rings is 1. The molecule has 1 amide bonds. The minimum absolute atomic E-state index is 0.117. The highest BCUT2D eigenvalue weighted by Gasteiger charge is 2.17. The van der Waals surface area contributed by atoms with E-state index in [2.05, 4.69) is 10.3 Å². The number of carbonyl (C=O) groups is 1. The summed E-state index contributed by atoms with van der Waals surface area (Å²) >= 11 is 6.15. The number of amides is 1. The molecule has 1 N–H and O–H groups in total. The van der Waals surface area contributed by atoms with Crippen LogP contribution < -0.4 is 5.32 Å². The maximum absolute atomic E-state index is 12.3. The molecule has 0 bridgehead atoms. The molecule has 3 rings (SSSR count). The first-order valence-electron chi connectivity index (χ1n) is 7.88. The van der Waals surface area contributed by atoms with Crippen molar-refractivity contribution in [1.82, 2.24) is 10.3 Å². The molecule has 0 aliphatic heterocycles. The van der Waals surface area contributed by atoms with E-state index < -0.39 is 10.8 Å². The van der Waals surface area contributed by atoms with Gasteiger partial charge in [0.25, 0.3) is 0 Å². The van der Waals surface area contributed by atoms with Gasteiger partial charge in [0.2, 0.25) is 11.8 Å². The molecule has 0 saturated carbocycles. The van der Waals surface area contributed by atoms with Crippen LogP contribution in [0.25, 0.3) is 11.5 Å². The summed E-state index contributed by atoms with van der Waals surface area (Å²) in [5, 5.41) is 3.19. The Bertz CT molecular complexity index is 921. The number of nitrogens with zero attached hydrogens (tertiary/aromatic N) is 1. The van der Waals surface area contributed by atoms with Gasteiger partial charge in [-0.2, -0.15) is 0 Å². The highest BCUT2D eigenvalue weighted by atomic mass is 35.5. The van der Waals surface area contributed by atoms with Crippen molar-refractivity contribution in [3.63, 3.8) is 0 Å². The lowest BCUT2D eigenvalue weighted by atomic mass is 10.2. The van der Waals surface area contributed by atoms with Crippen molar-refractivity contribution in [3.8, 4) is 11.5 Å². The van der Waals surface area contributed by atoms with Gasteiger partial charge in [-0.25, -0.2) is 4.98 Å². The Labute approximate surface area is 158 Å². The van der Waals surface area contributed by atoms with Crippen molar-refractivity contribution < 1.29 is 17.8 Å². The number of carbonyl (C=O) groups excluding carboxylic acids is 1. The van der Waals surface area contributed by atoms with Crippen LogP contribution in [0, 0.1) is 6.92 Å². The van der Waals surface area contributed by atoms with Gasteiger partial charge in [0.05, 0.1) is 34.8 Å². The van der Waals surface area contributed by atoms with E-state index >= 15 is 0 Å². The first kappa shape index (κ1) is 18.4. The number of aromatic nitrogens is 1. The number of halogens is 1. The first-order chi connectivity index (χ1) is 12.5. The molecule has 3 aromatic rings. The fourth-order valence-corrected chi connectivity index (χ4v) is 3.60. The summed E-state index contributed by atoms with van der Waals surface area (Å²) < 4.78 is 23.0. The molecule has 2 aromatic heterocycles. The van der Waals surface area contributed by atoms with Crippen LogP contribution in [0.3, 0.4) is 0 Å². The third-order valence-electron chi connectivity index (χ3n) is 3.63. The number of furan rings is 1. The Kier molecular flexibility index (Phi) is 5.90. The summed E-state index contributed by atoms with van der Waals surface area (Å²) in [7, 11) is -1.41. The van der Waals surface area contributed by atoms with Gasteiger partial charge in [-0.1, -0.05) is 23.7 Å². The Morgan fingerprint density at radius 2 is 2.08 bits per heavy atom. The van der Waals surface area contributed by atoms with E-state index in [0.29, 0.717) is 33.7 Å². The fraction of sp³-hybridized carbons (Fsp3) is 0.222. The van der Waals surface area contributed by atoms with E-state index in [1.165, 1.54) is 6.26 Å². The van der Waals surface area contributed by atoms with Crippen molar-refractivity contribution >= 4 is 28.3 Å². The molecular formula is C18H17ClN2O4S. The number of nitrogens with one attached hydrogen (secondary N) is 1. The van der Waals surface area contributed by atoms with Gasteiger partial charge < -0.3 is 14.2 Å². The summed E-state index contributed by atoms with van der Waals surface area (Å²) in [6.45, 7) is 2.01. The maximum atomic E-state index is 12.3. The number of hydrogen-bond donors (Lipinski definition) is 1. The first-order valence-corrected chi connectivity index (χ1v) is 9.75. The summed E-state index contributed by atoms with van der Waals surface area (Å²) in [6, 6.07) is 10.7. The van der Waals surface area contributed by atoms with Gasteiger partial charge in [-0.3, -0.25) is 9.00 Å². The molecule has 26 heavy (non-hydrogen) atoms. The highest BCUT2D eigenvalue weighted by molar-refractivity contribution is 7.84. The van der Waals surface area contributed by atoms with E-state index in [9.17, 15) is 9.00 Å². The average molecular weight is 393 g/mol. The van der Waals surface area contributed by atoms with Crippen LogP contribution in [0.4, 0.5) is 0 Å². The molecule has 0 radical (unpaired) electrons. The van der Waals surface area contributed by atoms with E-state index in [1.54, 1.807) is 31.2 Å². The molecule has 0 spiro atoms. The zero-order chi connectivity index (χ0) is 18.5. The van der Waals surface area contributed by atoms with Gasteiger partial charge >= 0.3 is 0 Å². The zero-order valence-corrected chi connectivity index (χ0v) is 15.6. The average Bonchev–Trinajstić information content (AvgIpc) is 3.24. The molecule has 2 heterocycles. The topological polar surface area (TPSA) is 85.3 Å². The predicted octanol–water partition coefficient (Wildman–Crippen LogP) is 3.46. The molecule has 0 aliphatic rings. The summed E-state index contributed by atoms with van der Waals surface area (Å²) in [5.41, 5.74) is 1.22.